The van der Waals surface area contributed by atoms with Crippen molar-refractivity contribution in [2.45, 2.75) is 13.5 Å². The Labute approximate surface area is 116 Å². The number of nitrogens with one attached hydrogen (secondary N) is 1. The molecule has 0 saturated heterocycles. The number of rotatable bonds is 2. The van der Waals surface area contributed by atoms with Crippen molar-refractivity contribution in [3.05, 3.63) is 48.5 Å². The van der Waals surface area contributed by atoms with E-state index < -0.39 is 0 Å². The molecule has 0 spiro atoms. The van der Waals surface area contributed by atoms with Gasteiger partial charge in [-0.05, 0) is 42.7 Å². The number of thiophene rings is 2. The second kappa shape index (κ2) is 4.46. The van der Waals surface area contributed by atoms with E-state index in [2.05, 4.69) is 18.0 Å². The number of nitrogens with zero attached hydrogens (tertiary/aromatic N) is 1. The zero-order valence-electron chi connectivity index (χ0n) is 9.60. The molecule has 3 heterocycles. The Bertz CT molecular complexity index is 822. The predicted molar refractivity (Wildman–Crippen MR) is 79.4 cm³/mol. The molecule has 0 aromatic carbocycles. The molecule has 0 bridgehead atoms. The van der Waals surface area contributed by atoms with Gasteiger partial charge in [0, 0.05) is 9.75 Å². The van der Waals surface area contributed by atoms with Crippen LogP contribution < -0.4 is 5.56 Å². The van der Waals surface area contributed by atoms with Crippen LogP contribution in [0.3, 0.4) is 0 Å². The fourth-order valence-corrected chi connectivity index (χ4v) is 3.82. The fraction of sp³-hybridized carbons (Fsp3) is 0.167. The van der Waals surface area contributed by atoms with Crippen molar-refractivity contribution >= 4 is 45.1 Å². The number of H-pyrrole nitrogens is 1. The molecule has 0 aliphatic carbocycles. The third-order valence-electron chi connectivity index (χ3n) is 2.72. The quantitative estimate of drug-likeness (QED) is 0.734. The summed E-state index contributed by atoms with van der Waals surface area (Å²) >= 11 is 8.45. The topological polar surface area (TPSA) is 37.8 Å². The maximum Gasteiger partial charge on any atom is 0.263 e. The lowest BCUT2D eigenvalue weighted by Gasteiger charge is -2.04. The molecule has 3 aromatic rings. The van der Waals surface area contributed by atoms with Gasteiger partial charge in [0.2, 0.25) is 0 Å². The third-order valence-corrected chi connectivity index (χ3v) is 4.85. The molecule has 18 heavy (non-hydrogen) atoms. The van der Waals surface area contributed by atoms with Gasteiger partial charge >= 0.3 is 0 Å². The van der Waals surface area contributed by atoms with Crippen molar-refractivity contribution in [2.24, 2.45) is 0 Å². The monoisotopic (exact) mass is 294 g/mol. The van der Waals surface area contributed by atoms with Gasteiger partial charge in [-0.25, -0.2) is 0 Å². The molecule has 0 atom stereocenters. The Morgan fingerprint density at radius 3 is 2.94 bits per heavy atom. The summed E-state index contributed by atoms with van der Waals surface area (Å²) in [6.45, 7) is 2.60. The van der Waals surface area contributed by atoms with E-state index in [4.69, 9.17) is 12.2 Å². The number of fused-ring (bicyclic) bond motifs is 1. The lowest BCUT2D eigenvalue weighted by Crippen LogP contribution is -2.21. The number of hydrogen-bond donors (Lipinski definition) is 1. The first-order valence-corrected chi connectivity index (χ1v) is 7.51. The normalized spacial score (nSPS) is 11.2. The van der Waals surface area contributed by atoms with Gasteiger partial charge in [-0.2, -0.15) is 0 Å². The second-order valence-electron chi connectivity index (χ2n) is 4.00. The Morgan fingerprint density at radius 1 is 1.39 bits per heavy atom. The SMILES string of the molecule is Cc1ccc(Cn2c(=S)[nH]c3sccc3c2=O)s1. The molecule has 3 rings (SSSR count). The number of aryl methyl sites for hydroxylation is 1. The molecule has 0 aliphatic rings. The molecule has 1 N–H and O–H groups in total. The van der Waals surface area contributed by atoms with E-state index >= 15 is 0 Å². The highest BCUT2D eigenvalue weighted by Gasteiger charge is 2.07. The first kappa shape index (κ1) is 11.8. The Balaban J connectivity index is 2.17. The third kappa shape index (κ3) is 1.96. The van der Waals surface area contributed by atoms with Crippen LogP contribution in [0.4, 0.5) is 0 Å². The Kier molecular flexibility index (Phi) is 2.93. The van der Waals surface area contributed by atoms with E-state index in [1.165, 1.54) is 16.2 Å². The molecule has 0 unspecified atom stereocenters. The van der Waals surface area contributed by atoms with Crippen molar-refractivity contribution in [1.29, 1.82) is 0 Å². The summed E-state index contributed by atoms with van der Waals surface area (Å²) in [6.07, 6.45) is 0. The van der Waals surface area contributed by atoms with E-state index in [0.29, 0.717) is 16.7 Å². The molecule has 0 fully saturated rings. The maximum absolute atomic E-state index is 12.3. The molecule has 0 amide bonds. The minimum absolute atomic E-state index is 0.0129. The summed E-state index contributed by atoms with van der Waals surface area (Å²) in [5.41, 5.74) is -0.0129. The smallest absolute Gasteiger partial charge is 0.263 e. The van der Waals surface area contributed by atoms with E-state index in [0.717, 1.165) is 9.71 Å². The average Bonchev–Trinajstić information content (AvgIpc) is 2.93. The molecule has 6 heteroatoms. The van der Waals surface area contributed by atoms with Gasteiger partial charge in [0.15, 0.2) is 4.77 Å². The van der Waals surface area contributed by atoms with Crippen LogP contribution in [-0.4, -0.2) is 9.55 Å². The van der Waals surface area contributed by atoms with Crippen LogP contribution in [0.1, 0.15) is 9.75 Å². The standard InChI is InChI=1S/C12H10N2OS3/c1-7-2-3-8(18-7)6-14-11(15)9-4-5-17-10(9)13-12(14)16/h2-5H,6H2,1H3,(H,13,16). The summed E-state index contributed by atoms with van der Waals surface area (Å²) in [6, 6.07) is 5.93. The molecule has 0 radical (unpaired) electrons. The molecule has 3 nitrogen and oxygen atoms in total. The number of aromatic amines is 1. The summed E-state index contributed by atoms with van der Waals surface area (Å²) in [5.74, 6) is 0. The largest absolute Gasteiger partial charge is 0.323 e. The van der Waals surface area contributed by atoms with Crippen LogP contribution in [-0.2, 0) is 6.54 Å². The molecular weight excluding hydrogens is 284 g/mol. The highest BCUT2D eigenvalue weighted by atomic mass is 32.1. The first-order chi connectivity index (χ1) is 8.65. The highest BCUT2D eigenvalue weighted by molar-refractivity contribution is 7.71. The zero-order valence-corrected chi connectivity index (χ0v) is 12.0. The van der Waals surface area contributed by atoms with Crippen LogP contribution in [0.5, 0.6) is 0 Å². The van der Waals surface area contributed by atoms with Gasteiger partial charge in [-0.1, -0.05) is 0 Å². The molecule has 0 aliphatic heterocycles. The average molecular weight is 294 g/mol. The maximum atomic E-state index is 12.3. The minimum atomic E-state index is -0.0129. The lowest BCUT2D eigenvalue weighted by molar-refractivity contribution is 0.745. The highest BCUT2D eigenvalue weighted by Crippen LogP contribution is 2.18. The Hall–Kier alpha value is -1.24. The van der Waals surface area contributed by atoms with Gasteiger partial charge in [0.05, 0.1) is 11.9 Å². The van der Waals surface area contributed by atoms with Crippen LogP contribution >= 0.6 is 34.9 Å². The predicted octanol–water partition coefficient (Wildman–Crippen LogP) is 3.54. The molecule has 92 valence electrons. The van der Waals surface area contributed by atoms with Gasteiger partial charge in [-0.3, -0.25) is 9.36 Å². The van der Waals surface area contributed by atoms with Gasteiger partial charge in [0.1, 0.15) is 4.83 Å². The van der Waals surface area contributed by atoms with Crippen molar-refractivity contribution in [1.82, 2.24) is 9.55 Å². The summed E-state index contributed by atoms with van der Waals surface area (Å²) in [4.78, 5) is 18.6. The molecule has 3 aromatic heterocycles. The second-order valence-corrected chi connectivity index (χ2v) is 6.67. The summed E-state index contributed by atoms with van der Waals surface area (Å²) in [5, 5.41) is 2.61. The van der Waals surface area contributed by atoms with E-state index in [1.807, 2.05) is 17.5 Å². The summed E-state index contributed by atoms with van der Waals surface area (Å²) < 4.78 is 2.11. The minimum Gasteiger partial charge on any atom is -0.323 e. The zero-order chi connectivity index (χ0) is 12.7. The number of aromatic nitrogens is 2. The van der Waals surface area contributed by atoms with Crippen molar-refractivity contribution in [3.8, 4) is 0 Å². The molecule has 0 saturated carbocycles. The van der Waals surface area contributed by atoms with Crippen molar-refractivity contribution in [2.75, 3.05) is 0 Å². The van der Waals surface area contributed by atoms with Gasteiger partial charge < -0.3 is 4.98 Å². The lowest BCUT2D eigenvalue weighted by atomic mass is 10.4. The fourth-order valence-electron chi connectivity index (χ4n) is 1.85. The molecular formula is C12H10N2OS3. The van der Waals surface area contributed by atoms with Crippen LogP contribution in [0.2, 0.25) is 0 Å². The van der Waals surface area contributed by atoms with Gasteiger partial charge in [-0.15, -0.1) is 22.7 Å². The van der Waals surface area contributed by atoms with E-state index in [1.54, 1.807) is 15.9 Å². The number of hydrogen-bond acceptors (Lipinski definition) is 4. The van der Waals surface area contributed by atoms with E-state index in [9.17, 15) is 4.79 Å². The van der Waals surface area contributed by atoms with Crippen LogP contribution in [0.15, 0.2) is 28.4 Å². The van der Waals surface area contributed by atoms with Crippen molar-refractivity contribution < 1.29 is 0 Å². The Morgan fingerprint density at radius 2 is 2.22 bits per heavy atom. The van der Waals surface area contributed by atoms with Crippen molar-refractivity contribution in [3.63, 3.8) is 0 Å². The summed E-state index contributed by atoms with van der Waals surface area (Å²) in [7, 11) is 0. The van der Waals surface area contributed by atoms with E-state index in [-0.39, 0.29) is 5.56 Å². The van der Waals surface area contributed by atoms with Gasteiger partial charge in [0.25, 0.3) is 5.56 Å². The first-order valence-electron chi connectivity index (χ1n) is 5.41. The van der Waals surface area contributed by atoms with Crippen LogP contribution in [0, 0.1) is 11.7 Å². The van der Waals surface area contributed by atoms with Crippen LogP contribution in [0.25, 0.3) is 10.2 Å².